The Labute approximate surface area is 81.9 Å². The first-order valence-corrected chi connectivity index (χ1v) is 4.59. The van der Waals surface area contributed by atoms with Crippen molar-refractivity contribution in [2.75, 3.05) is 5.73 Å². The van der Waals surface area contributed by atoms with Gasteiger partial charge in [0.2, 0.25) is 0 Å². The van der Waals surface area contributed by atoms with Crippen LogP contribution in [-0.2, 0) is 11.5 Å². The second-order valence-electron chi connectivity index (χ2n) is 2.55. The number of nitrogens with two attached hydrogens (primary N) is 1. The van der Waals surface area contributed by atoms with Gasteiger partial charge in [-0.05, 0) is 17.7 Å². The van der Waals surface area contributed by atoms with E-state index in [-0.39, 0.29) is 5.69 Å². The molecule has 0 unspecified atom stereocenters. The zero-order valence-electron chi connectivity index (χ0n) is 6.53. The van der Waals surface area contributed by atoms with Crippen LogP contribution in [0.25, 0.3) is 0 Å². The summed E-state index contributed by atoms with van der Waals surface area (Å²) in [6.45, 7) is 0. The van der Waals surface area contributed by atoms with Gasteiger partial charge in [-0.1, -0.05) is 22.0 Å². The molecular weight excluding hydrogens is 247 g/mol. The molecule has 72 valence electrons. The fourth-order valence-corrected chi connectivity index (χ4v) is 1.28. The molecule has 0 aliphatic carbocycles. The van der Waals surface area contributed by atoms with Gasteiger partial charge in [0.15, 0.2) is 0 Å². The van der Waals surface area contributed by atoms with E-state index in [1.807, 2.05) is 0 Å². The largest absolute Gasteiger partial charge is 0.418 e. The summed E-state index contributed by atoms with van der Waals surface area (Å²) in [5.41, 5.74) is 4.74. The summed E-state index contributed by atoms with van der Waals surface area (Å²) < 4.78 is 36.8. The van der Waals surface area contributed by atoms with Crippen molar-refractivity contribution in [1.29, 1.82) is 0 Å². The van der Waals surface area contributed by atoms with Crippen LogP contribution in [0, 0.1) is 0 Å². The average Bonchev–Trinajstić information content (AvgIpc) is 2.03. The molecule has 1 rings (SSSR count). The highest BCUT2D eigenvalue weighted by Crippen LogP contribution is 2.34. The second kappa shape index (κ2) is 3.57. The first-order chi connectivity index (χ1) is 5.95. The minimum Gasteiger partial charge on any atom is -0.398 e. The van der Waals surface area contributed by atoms with Crippen LogP contribution in [0.2, 0.25) is 0 Å². The molecule has 13 heavy (non-hydrogen) atoms. The third-order valence-corrected chi connectivity index (χ3v) is 2.22. The predicted molar refractivity (Wildman–Crippen MR) is 48.5 cm³/mol. The Bertz CT molecular complexity index is 309. The molecule has 2 N–H and O–H groups in total. The van der Waals surface area contributed by atoms with E-state index < -0.39 is 11.7 Å². The van der Waals surface area contributed by atoms with Crippen molar-refractivity contribution in [3.8, 4) is 0 Å². The molecular formula is C8H7BrF3N. The van der Waals surface area contributed by atoms with Gasteiger partial charge in [-0.2, -0.15) is 13.2 Å². The standard InChI is InChI=1S/C8H7BrF3N/c9-4-5-1-2-7(13)6(3-5)8(10,11)12/h1-3H,4,13H2. The Morgan fingerprint density at radius 2 is 1.92 bits per heavy atom. The van der Waals surface area contributed by atoms with Crippen LogP contribution in [-0.4, -0.2) is 0 Å². The smallest absolute Gasteiger partial charge is 0.398 e. The Hall–Kier alpha value is -0.710. The van der Waals surface area contributed by atoms with Gasteiger partial charge >= 0.3 is 6.18 Å². The van der Waals surface area contributed by atoms with Gasteiger partial charge in [-0.15, -0.1) is 0 Å². The molecule has 0 spiro atoms. The van der Waals surface area contributed by atoms with Crippen molar-refractivity contribution in [2.45, 2.75) is 11.5 Å². The molecule has 1 aromatic carbocycles. The van der Waals surface area contributed by atoms with Crippen LogP contribution in [0.4, 0.5) is 18.9 Å². The quantitative estimate of drug-likeness (QED) is 0.604. The molecule has 0 aliphatic heterocycles. The molecule has 0 heterocycles. The minimum absolute atomic E-state index is 0.239. The van der Waals surface area contributed by atoms with Crippen LogP contribution in [0.3, 0.4) is 0 Å². The lowest BCUT2D eigenvalue weighted by Gasteiger charge is -2.10. The minimum atomic E-state index is -4.37. The number of halogens is 4. The third kappa shape index (κ3) is 2.37. The summed E-state index contributed by atoms with van der Waals surface area (Å²) in [4.78, 5) is 0. The molecule has 0 aliphatic rings. The SMILES string of the molecule is Nc1ccc(CBr)cc1C(F)(F)F. The summed E-state index contributed by atoms with van der Waals surface area (Å²) in [7, 11) is 0. The summed E-state index contributed by atoms with van der Waals surface area (Å²) in [5.74, 6) is 0. The van der Waals surface area contributed by atoms with Crippen LogP contribution < -0.4 is 5.73 Å². The van der Waals surface area contributed by atoms with Gasteiger partial charge in [0.25, 0.3) is 0 Å². The van der Waals surface area contributed by atoms with E-state index in [1.54, 1.807) is 6.07 Å². The van der Waals surface area contributed by atoms with E-state index in [9.17, 15) is 13.2 Å². The number of hydrogen-bond donors (Lipinski definition) is 1. The normalized spacial score (nSPS) is 11.7. The number of hydrogen-bond acceptors (Lipinski definition) is 1. The molecule has 0 radical (unpaired) electrons. The first-order valence-electron chi connectivity index (χ1n) is 3.46. The third-order valence-electron chi connectivity index (χ3n) is 1.58. The van der Waals surface area contributed by atoms with Crippen molar-refractivity contribution in [3.05, 3.63) is 29.3 Å². The zero-order chi connectivity index (χ0) is 10.1. The molecule has 1 nitrogen and oxygen atoms in total. The topological polar surface area (TPSA) is 26.0 Å². The molecule has 0 saturated heterocycles. The summed E-state index contributed by atoms with van der Waals surface area (Å²) in [6.07, 6.45) is -4.37. The molecule has 0 saturated carbocycles. The lowest BCUT2D eigenvalue weighted by Crippen LogP contribution is -2.09. The van der Waals surface area contributed by atoms with Crippen molar-refractivity contribution < 1.29 is 13.2 Å². The maximum atomic E-state index is 12.3. The number of anilines is 1. The van der Waals surface area contributed by atoms with Crippen molar-refractivity contribution in [3.63, 3.8) is 0 Å². The van der Waals surface area contributed by atoms with Gasteiger partial charge in [-0.3, -0.25) is 0 Å². The fourth-order valence-electron chi connectivity index (χ4n) is 0.932. The van der Waals surface area contributed by atoms with E-state index in [0.29, 0.717) is 10.9 Å². The number of alkyl halides is 4. The van der Waals surface area contributed by atoms with Crippen LogP contribution in [0.5, 0.6) is 0 Å². The van der Waals surface area contributed by atoms with Gasteiger partial charge < -0.3 is 5.73 Å². The van der Waals surface area contributed by atoms with E-state index in [0.717, 1.165) is 6.07 Å². The fraction of sp³-hybridized carbons (Fsp3) is 0.250. The molecule has 5 heteroatoms. The van der Waals surface area contributed by atoms with Crippen LogP contribution in [0.1, 0.15) is 11.1 Å². The molecule has 0 fully saturated rings. The van der Waals surface area contributed by atoms with Crippen molar-refractivity contribution >= 4 is 21.6 Å². The van der Waals surface area contributed by atoms with Crippen LogP contribution >= 0.6 is 15.9 Å². The van der Waals surface area contributed by atoms with Crippen molar-refractivity contribution in [2.24, 2.45) is 0 Å². The highest BCUT2D eigenvalue weighted by Gasteiger charge is 2.32. The number of benzene rings is 1. The Morgan fingerprint density at radius 3 is 2.38 bits per heavy atom. The molecule has 0 aromatic heterocycles. The van der Waals surface area contributed by atoms with E-state index in [4.69, 9.17) is 5.73 Å². The van der Waals surface area contributed by atoms with Gasteiger partial charge in [0.05, 0.1) is 5.56 Å². The Morgan fingerprint density at radius 1 is 1.31 bits per heavy atom. The van der Waals surface area contributed by atoms with Crippen molar-refractivity contribution in [1.82, 2.24) is 0 Å². The number of rotatable bonds is 1. The summed E-state index contributed by atoms with van der Waals surface area (Å²) in [5, 5.41) is 0.385. The lowest BCUT2D eigenvalue weighted by atomic mass is 10.1. The van der Waals surface area contributed by atoms with E-state index >= 15 is 0 Å². The summed E-state index contributed by atoms with van der Waals surface area (Å²) in [6, 6.07) is 3.86. The van der Waals surface area contributed by atoms with Gasteiger partial charge in [0.1, 0.15) is 0 Å². The molecule has 0 amide bonds. The van der Waals surface area contributed by atoms with E-state index in [1.165, 1.54) is 6.07 Å². The molecule has 1 aromatic rings. The van der Waals surface area contributed by atoms with E-state index in [2.05, 4.69) is 15.9 Å². The maximum Gasteiger partial charge on any atom is 0.418 e. The zero-order valence-corrected chi connectivity index (χ0v) is 8.11. The highest BCUT2D eigenvalue weighted by atomic mass is 79.9. The monoisotopic (exact) mass is 253 g/mol. The van der Waals surface area contributed by atoms with Crippen LogP contribution in [0.15, 0.2) is 18.2 Å². The van der Waals surface area contributed by atoms with Gasteiger partial charge in [0, 0.05) is 11.0 Å². The second-order valence-corrected chi connectivity index (χ2v) is 3.11. The van der Waals surface area contributed by atoms with Gasteiger partial charge in [-0.25, -0.2) is 0 Å². The number of nitrogen functional groups attached to an aromatic ring is 1. The lowest BCUT2D eigenvalue weighted by molar-refractivity contribution is -0.136. The predicted octanol–water partition coefficient (Wildman–Crippen LogP) is 3.18. The Kier molecular flexibility index (Phi) is 2.85. The average molecular weight is 254 g/mol. The highest BCUT2D eigenvalue weighted by molar-refractivity contribution is 9.08. The maximum absolute atomic E-state index is 12.3. The first kappa shape index (κ1) is 10.4. The summed E-state index contributed by atoms with van der Waals surface area (Å²) >= 11 is 3.07. The molecule has 0 bridgehead atoms. The molecule has 0 atom stereocenters. The Balaban J connectivity index is 3.19.